The summed E-state index contributed by atoms with van der Waals surface area (Å²) >= 11 is 1.69. The number of carbonyl (C=O) groups is 1. The molecule has 0 aromatic carbocycles. The summed E-state index contributed by atoms with van der Waals surface area (Å²) in [5, 5.41) is 2.05. The smallest absolute Gasteiger partial charge is 0.226 e. The third-order valence-corrected chi connectivity index (χ3v) is 3.51. The molecule has 1 unspecified atom stereocenters. The van der Waals surface area contributed by atoms with E-state index in [9.17, 15) is 4.79 Å². The lowest BCUT2D eigenvalue weighted by molar-refractivity contribution is -0.133. The van der Waals surface area contributed by atoms with E-state index in [1.54, 1.807) is 16.2 Å². The molecule has 1 aromatic heterocycles. The van der Waals surface area contributed by atoms with E-state index >= 15 is 0 Å². The summed E-state index contributed by atoms with van der Waals surface area (Å²) < 4.78 is 0. The highest BCUT2D eigenvalue weighted by atomic mass is 35.5. The van der Waals surface area contributed by atoms with Crippen molar-refractivity contribution < 1.29 is 4.79 Å². The number of hydrogen-bond acceptors (Lipinski definition) is 3. The van der Waals surface area contributed by atoms with Crippen LogP contribution in [0.4, 0.5) is 0 Å². The first-order chi connectivity index (χ1) is 7.06. The van der Waals surface area contributed by atoms with Crippen molar-refractivity contribution in [2.24, 2.45) is 11.7 Å². The predicted molar refractivity (Wildman–Crippen MR) is 71.0 cm³/mol. The maximum atomic E-state index is 11.8. The molecule has 0 radical (unpaired) electrons. The fourth-order valence-electron chi connectivity index (χ4n) is 1.34. The molecule has 0 aliphatic rings. The Hall–Kier alpha value is -0.580. The Bertz CT molecular complexity index is 340. The lowest BCUT2D eigenvalue weighted by Gasteiger charge is -2.20. The largest absolute Gasteiger partial charge is 0.340 e. The number of rotatable bonds is 4. The molecule has 0 aliphatic heterocycles. The molecule has 16 heavy (non-hydrogen) atoms. The van der Waals surface area contributed by atoms with Crippen LogP contribution < -0.4 is 5.73 Å². The number of amides is 1. The molecule has 0 saturated heterocycles. The van der Waals surface area contributed by atoms with E-state index in [1.807, 2.05) is 14.0 Å². The summed E-state index contributed by atoms with van der Waals surface area (Å²) in [6.45, 7) is 5.02. The van der Waals surface area contributed by atoms with Crippen molar-refractivity contribution in [2.45, 2.75) is 20.4 Å². The van der Waals surface area contributed by atoms with Crippen LogP contribution in [0.5, 0.6) is 0 Å². The van der Waals surface area contributed by atoms with Crippen LogP contribution in [0.15, 0.2) is 11.4 Å². The Morgan fingerprint density at radius 2 is 2.25 bits per heavy atom. The fraction of sp³-hybridized carbons (Fsp3) is 0.545. The van der Waals surface area contributed by atoms with Crippen molar-refractivity contribution in [3.8, 4) is 0 Å². The van der Waals surface area contributed by atoms with Crippen LogP contribution in [0.3, 0.4) is 0 Å². The molecule has 0 aliphatic carbocycles. The third-order valence-electron chi connectivity index (χ3n) is 2.50. The van der Waals surface area contributed by atoms with Crippen molar-refractivity contribution in [1.82, 2.24) is 4.90 Å². The van der Waals surface area contributed by atoms with Gasteiger partial charge in [-0.05, 0) is 23.9 Å². The fourth-order valence-corrected chi connectivity index (χ4v) is 2.29. The molecule has 3 nitrogen and oxygen atoms in total. The highest BCUT2D eigenvalue weighted by Crippen LogP contribution is 2.17. The predicted octanol–water partition coefficient (Wildman–Crippen LogP) is 2.03. The van der Waals surface area contributed by atoms with Crippen molar-refractivity contribution >= 4 is 29.7 Å². The minimum absolute atomic E-state index is 0. The van der Waals surface area contributed by atoms with Crippen LogP contribution in [0.25, 0.3) is 0 Å². The maximum Gasteiger partial charge on any atom is 0.226 e. The van der Waals surface area contributed by atoms with Crippen LogP contribution in [0.2, 0.25) is 0 Å². The highest BCUT2D eigenvalue weighted by molar-refractivity contribution is 7.10. The van der Waals surface area contributed by atoms with E-state index in [1.165, 1.54) is 10.4 Å². The Balaban J connectivity index is 0.00000225. The second-order valence-electron chi connectivity index (χ2n) is 3.86. The molecular weight excluding hydrogens is 244 g/mol. The van der Waals surface area contributed by atoms with Gasteiger partial charge in [-0.3, -0.25) is 4.79 Å². The number of halogens is 1. The first-order valence-electron chi connectivity index (χ1n) is 5.04. The van der Waals surface area contributed by atoms with Crippen molar-refractivity contribution in [3.05, 3.63) is 21.9 Å². The standard InChI is InChI=1S/C11H18N2OS.ClH/c1-8-4-5-15-10(8)7-13(3)11(14)9(2)6-12;/h4-5,9H,6-7,12H2,1-3H3;1H. The third kappa shape index (κ3) is 3.77. The van der Waals surface area contributed by atoms with E-state index in [-0.39, 0.29) is 24.2 Å². The molecule has 0 saturated carbocycles. The van der Waals surface area contributed by atoms with Gasteiger partial charge in [0.25, 0.3) is 0 Å². The molecule has 1 rings (SSSR count). The van der Waals surface area contributed by atoms with Gasteiger partial charge in [0, 0.05) is 24.4 Å². The molecule has 92 valence electrons. The van der Waals surface area contributed by atoms with Gasteiger partial charge in [0.2, 0.25) is 5.91 Å². The zero-order valence-electron chi connectivity index (χ0n) is 9.90. The zero-order chi connectivity index (χ0) is 11.4. The zero-order valence-corrected chi connectivity index (χ0v) is 11.5. The lowest BCUT2D eigenvalue weighted by Crippen LogP contribution is -2.34. The number of hydrogen-bond donors (Lipinski definition) is 1. The second kappa shape index (κ2) is 6.89. The summed E-state index contributed by atoms with van der Waals surface area (Å²) in [5.74, 6) is 0.0283. The summed E-state index contributed by atoms with van der Waals surface area (Å²) in [7, 11) is 1.83. The Morgan fingerprint density at radius 3 is 2.69 bits per heavy atom. The second-order valence-corrected chi connectivity index (χ2v) is 4.86. The van der Waals surface area contributed by atoms with Gasteiger partial charge in [-0.1, -0.05) is 6.92 Å². The van der Waals surface area contributed by atoms with Gasteiger partial charge < -0.3 is 10.6 Å². The average molecular weight is 263 g/mol. The summed E-state index contributed by atoms with van der Waals surface area (Å²) in [6.07, 6.45) is 0. The van der Waals surface area contributed by atoms with E-state index in [0.717, 1.165) is 0 Å². The molecule has 2 N–H and O–H groups in total. The molecular formula is C11H19ClN2OS. The van der Waals surface area contributed by atoms with Crippen LogP contribution >= 0.6 is 23.7 Å². The molecule has 0 spiro atoms. The maximum absolute atomic E-state index is 11.8. The van der Waals surface area contributed by atoms with Gasteiger partial charge in [-0.15, -0.1) is 23.7 Å². The van der Waals surface area contributed by atoms with Crippen LogP contribution in [-0.4, -0.2) is 24.4 Å². The summed E-state index contributed by atoms with van der Waals surface area (Å²) in [6, 6.07) is 2.07. The number of nitrogens with two attached hydrogens (primary N) is 1. The van der Waals surface area contributed by atoms with Gasteiger partial charge in [0.1, 0.15) is 0 Å². The SMILES string of the molecule is Cc1ccsc1CN(C)C(=O)C(C)CN.Cl. The topological polar surface area (TPSA) is 46.3 Å². The van der Waals surface area contributed by atoms with E-state index in [2.05, 4.69) is 18.4 Å². The molecule has 1 heterocycles. The normalized spacial score (nSPS) is 11.8. The quantitative estimate of drug-likeness (QED) is 0.903. The van der Waals surface area contributed by atoms with E-state index in [4.69, 9.17) is 5.73 Å². The Kier molecular flexibility index (Phi) is 6.64. The highest BCUT2D eigenvalue weighted by Gasteiger charge is 2.16. The molecule has 0 fully saturated rings. The summed E-state index contributed by atoms with van der Waals surface area (Å²) in [5.41, 5.74) is 6.72. The van der Waals surface area contributed by atoms with Gasteiger partial charge >= 0.3 is 0 Å². The Labute approximate surface area is 107 Å². The number of aryl methyl sites for hydroxylation is 1. The minimum Gasteiger partial charge on any atom is -0.340 e. The molecule has 5 heteroatoms. The van der Waals surface area contributed by atoms with Gasteiger partial charge in [-0.2, -0.15) is 0 Å². The van der Waals surface area contributed by atoms with E-state index in [0.29, 0.717) is 13.1 Å². The van der Waals surface area contributed by atoms with E-state index < -0.39 is 0 Å². The van der Waals surface area contributed by atoms with Gasteiger partial charge in [0.15, 0.2) is 0 Å². The molecule has 1 amide bonds. The van der Waals surface area contributed by atoms with Crippen LogP contribution in [0.1, 0.15) is 17.4 Å². The first kappa shape index (κ1) is 15.4. The van der Waals surface area contributed by atoms with Crippen molar-refractivity contribution in [2.75, 3.05) is 13.6 Å². The molecule has 0 bridgehead atoms. The van der Waals surface area contributed by atoms with Crippen molar-refractivity contribution in [3.63, 3.8) is 0 Å². The minimum atomic E-state index is -0.0877. The van der Waals surface area contributed by atoms with Crippen LogP contribution in [0, 0.1) is 12.8 Å². The average Bonchev–Trinajstić information content (AvgIpc) is 2.62. The first-order valence-corrected chi connectivity index (χ1v) is 5.92. The monoisotopic (exact) mass is 262 g/mol. The molecule has 1 aromatic rings. The van der Waals surface area contributed by atoms with Gasteiger partial charge in [0.05, 0.1) is 6.54 Å². The lowest BCUT2D eigenvalue weighted by atomic mass is 10.1. The van der Waals surface area contributed by atoms with Gasteiger partial charge in [-0.25, -0.2) is 0 Å². The molecule has 1 atom stereocenters. The Morgan fingerprint density at radius 1 is 1.62 bits per heavy atom. The summed E-state index contributed by atoms with van der Waals surface area (Å²) in [4.78, 5) is 14.8. The number of nitrogens with zero attached hydrogens (tertiary/aromatic N) is 1. The number of thiophene rings is 1. The number of carbonyl (C=O) groups excluding carboxylic acids is 1. The van der Waals surface area contributed by atoms with Crippen LogP contribution in [-0.2, 0) is 11.3 Å². The van der Waals surface area contributed by atoms with Crippen molar-refractivity contribution in [1.29, 1.82) is 0 Å².